The second-order valence-corrected chi connectivity index (χ2v) is 6.51. The lowest BCUT2D eigenvalue weighted by molar-refractivity contribution is 0.596. The zero-order valence-corrected chi connectivity index (χ0v) is 13.1. The van der Waals surface area contributed by atoms with Gasteiger partial charge in [0.15, 0.2) is 5.82 Å². The van der Waals surface area contributed by atoms with E-state index in [-0.39, 0.29) is 17.1 Å². The molecule has 5 nitrogen and oxygen atoms in total. The van der Waals surface area contributed by atoms with E-state index in [0.29, 0.717) is 10.2 Å². The van der Waals surface area contributed by atoms with Gasteiger partial charge in [0.2, 0.25) is 0 Å². The van der Waals surface area contributed by atoms with Crippen LogP contribution in [0.25, 0.3) is 15.9 Å². The van der Waals surface area contributed by atoms with Crippen molar-refractivity contribution in [1.29, 1.82) is 0 Å². The molecule has 0 spiro atoms. The van der Waals surface area contributed by atoms with Crippen molar-refractivity contribution in [2.24, 2.45) is 0 Å². The van der Waals surface area contributed by atoms with Gasteiger partial charge in [-0.05, 0) is 37.8 Å². The maximum Gasteiger partial charge on any atom is 0.309 e. The zero-order chi connectivity index (χ0) is 16.0. The summed E-state index contributed by atoms with van der Waals surface area (Å²) in [5, 5.41) is 8.82. The van der Waals surface area contributed by atoms with Crippen LogP contribution in [0.4, 0.5) is 4.39 Å². The van der Waals surface area contributed by atoms with Gasteiger partial charge in [0.25, 0.3) is 0 Å². The van der Waals surface area contributed by atoms with Gasteiger partial charge in [-0.25, -0.2) is 4.39 Å². The zero-order valence-electron chi connectivity index (χ0n) is 12.3. The predicted molar refractivity (Wildman–Crippen MR) is 86.4 cm³/mol. The number of aromatic nitrogens is 4. The molecular weight excluding hydrogens is 315 g/mol. The van der Waals surface area contributed by atoms with Gasteiger partial charge in [-0.15, -0.1) is 11.2 Å². The summed E-state index contributed by atoms with van der Waals surface area (Å²) < 4.78 is 16.5. The van der Waals surface area contributed by atoms with Gasteiger partial charge in [-0.2, -0.15) is 10.2 Å². The Balaban J connectivity index is 1.91. The van der Waals surface area contributed by atoms with Gasteiger partial charge in [0, 0.05) is 0 Å². The fourth-order valence-corrected chi connectivity index (χ4v) is 3.81. The monoisotopic (exact) mass is 328 g/mol. The molecular formula is C16H13FN4OS. The molecule has 0 atom stereocenters. The molecule has 1 aliphatic carbocycles. The molecule has 7 heteroatoms. The van der Waals surface area contributed by atoms with E-state index in [1.54, 1.807) is 6.07 Å². The molecule has 0 aliphatic heterocycles. The quantitative estimate of drug-likeness (QED) is 0.678. The standard InChI is InChI=1S/C16H13FN4OS/c1-2-7-20-14-9-13(10(17)8-15(14)23-16(20)22)21-18-11-5-3-4-6-12(11)19-21/h1,8-9H,3-7H2. The molecule has 4 rings (SSSR count). The van der Waals surface area contributed by atoms with E-state index < -0.39 is 5.82 Å². The second-order valence-electron chi connectivity index (χ2n) is 5.52. The third-order valence-corrected chi connectivity index (χ3v) is 4.98. The molecule has 1 aliphatic rings. The van der Waals surface area contributed by atoms with Crippen LogP contribution < -0.4 is 4.87 Å². The fraction of sp³-hybridized carbons (Fsp3) is 0.312. The van der Waals surface area contributed by atoms with E-state index in [0.717, 1.165) is 48.4 Å². The van der Waals surface area contributed by atoms with E-state index in [2.05, 4.69) is 16.1 Å². The number of hydrogen-bond donors (Lipinski definition) is 0. The Bertz CT molecular complexity index is 984. The van der Waals surface area contributed by atoms with Gasteiger partial charge in [-0.1, -0.05) is 17.3 Å². The van der Waals surface area contributed by atoms with E-state index >= 15 is 0 Å². The van der Waals surface area contributed by atoms with Gasteiger partial charge in [0.05, 0.1) is 28.1 Å². The van der Waals surface area contributed by atoms with Crippen molar-refractivity contribution in [2.75, 3.05) is 0 Å². The first kappa shape index (κ1) is 14.2. The first-order valence-electron chi connectivity index (χ1n) is 7.39. The number of terminal acetylenes is 1. The lowest BCUT2D eigenvalue weighted by Gasteiger charge is -2.04. The predicted octanol–water partition coefficient (Wildman–Crippen LogP) is 2.29. The summed E-state index contributed by atoms with van der Waals surface area (Å²) in [5.74, 6) is 2.01. The first-order valence-corrected chi connectivity index (χ1v) is 8.21. The Hall–Kier alpha value is -2.46. The van der Waals surface area contributed by atoms with Crippen LogP contribution in [0.1, 0.15) is 24.2 Å². The van der Waals surface area contributed by atoms with Gasteiger partial charge >= 0.3 is 4.87 Å². The van der Waals surface area contributed by atoms with Crippen LogP contribution in [-0.2, 0) is 19.4 Å². The van der Waals surface area contributed by atoms with Crippen molar-refractivity contribution in [2.45, 2.75) is 32.2 Å². The van der Waals surface area contributed by atoms with Crippen molar-refractivity contribution < 1.29 is 4.39 Å². The Morgan fingerprint density at radius 2 is 1.96 bits per heavy atom. The Morgan fingerprint density at radius 1 is 1.26 bits per heavy atom. The Morgan fingerprint density at radius 3 is 2.61 bits per heavy atom. The molecule has 0 amide bonds. The Kier molecular flexibility index (Phi) is 3.27. The number of fused-ring (bicyclic) bond motifs is 2. The summed E-state index contributed by atoms with van der Waals surface area (Å²) in [4.78, 5) is 13.1. The number of thiazole rings is 1. The number of halogens is 1. The van der Waals surface area contributed by atoms with E-state index in [4.69, 9.17) is 6.42 Å². The highest BCUT2D eigenvalue weighted by Gasteiger charge is 2.19. The molecule has 0 unspecified atom stereocenters. The molecule has 0 fully saturated rings. The molecule has 3 aromatic rings. The molecule has 2 heterocycles. The lowest BCUT2D eigenvalue weighted by atomic mass is 10.0. The number of nitrogens with zero attached hydrogens (tertiary/aromatic N) is 4. The van der Waals surface area contributed by atoms with Crippen LogP contribution in [0.15, 0.2) is 16.9 Å². The SMILES string of the molecule is C#CCn1c(=O)sc2cc(F)c(-n3nc4c(n3)CCCC4)cc21. The molecule has 0 bridgehead atoms. The lowest BCUT2D eigenvalue weighted by Crippen LogP contribution is -2.12. The smallest absolute Gasteiger partial charge is 0.287 e. The van der Waals surface area contributed by atoms with Crippen molar-refractivity contribution in [3.63, 3.8) is 0 Å². The van der Waals surface area contributed by atoms with Crippen LogP contribution in [0, 0.1) is 18.2 Å². The van der Waals surface area contributed by atoms with Gasteiger partial charge < -0.3 is 0 Å². The third-order valence-electron chi connectivity index (χ3n) is 4.04. The summed E-state index contributed by atoms with van der Waals surface area (Å²) in [6, 6.07) is 2.96. The molecule has 23 heavy (non-hydrogen) atoms. The van der Waals surface area contributed by atoms with Gasteiger partial charge in [-0.3, -0.25) is 9.36 Å². The molecule has 2 aromatic heterocycles. The fourth-order valence-electron chi connectivity index (χ4n) is 2.91. The molecule has 1 aromatic carbocycles. The highest BCUT2D eigenvalue weighted by molar-refractivity contribution is 7.16. The van der Waals surface area contributed by atoms with Crippen LogP contribution in [0.5, 0.6) is 0 Å². The van der Waals surface area contributed by atoms with Crippen molar-refractivity contribution in [3.05, 3.63) is 39.0 Å². The number of hydrogen-bond acceptors (Lipinski definition) is 4. The van der Waals surface area contributed by atoms with Crippen LogP contribution in [0.2, 0.25) is 0 Å². The highest BCUT2D eigenvalue weighted by Crippen LogP contribution is 2.25. The third kappa shape index (κ3) is 2.26. The van der Waals surface area contributed by atoms with Crippen molar-refractivity contribution in [1.82, 2.24) is 19.6 Å². The minimum absolute atomic E-state index is 0.160. The normalized spacial score (nSPS) is 13.9. The molecule has 0 saturated carbocycles. The van der Waals surface area contributed by atoms with Crippen molar-refractivity contribution >= 4 is 21.6 Å². The van der Waals surface area contributed by atoms with Gasteiger partial charge in [0.1, 0.15) is 5.69 Å². The largest absolute Gasteiger partial charge is 0.309 e. The average molecular weight is 328 g/mol. The Labute approximate surface area is 135 Å². The molecule has 116 valence electrons. The topological polar surface area (TPSA) is 52.7 Å². The van der Waals surface area contributed by atoms with Crippen LogP contribution in [0.3, 0.4) is 0 Å². The highest BCUT2D eigenvalue weighted by atomic mass is 32.1. The van der Waals surface area contributed by atoms with Crippen LogP contribution >= 0.6 is 11.3 Å². The minimum atomic E-state index is -0.445. The maximum atomic E-state index is 14.5. The summed E-state index contributed by atoms with van der Waals surface area (Å²) in [6.45, 7) is 0.160. The van der Waals surface area contributed by atoms with E-state index in [1.807, 2.05) is 0 Å². The maximum absolute atomic E-state index is 14.5. The van der Waals surface area contributed by atoms with E-state index in [1.165, 1.54) is 15.4 Å². The number of aryl methyl sites for hydroxylation is 2. The summed E-state index contributed by atoms with van der Waals surface area (Å²) in [7, 11) is 0. The summed E-state index contributed by atoms with van der Waals surface area (Å²) in [5.41, 5.74) is 2.73. The van der Waals surface area contributed by atoms with Crippen LogP contribution in [-0.4, -0.2) is 19.6 Å². The van der Waals surface area contributed by atoms with E-state index in [9.17, 15) is 9.18 Å². The average Bonchev–Trinajstić information content (AvgIpc) is 3.08. The first-order chi connectivity index (χ1) is 11.2. The molecule has 0 saturated heterocycles. The number of rotatable bonds is 2. The molecule has 0 N–H and O–H groups in total. The van der Waals surface area contributed by atoms with Crippen molar-refractivity contribution in [3.8, 4) is 18.0 Å². The number of benzene rings is 1. The minimum Gasteiger partial charge on any atom is -0.287 e. The molecule has 0 radical (unpaired) electrons. The second kappa shape index (κ2) is 5.32. The summed E-state index contributed by atoms with van der Waals surface area (Å²) in [6.07, 6.45) is 9.23. The summed E-state index contributed by atoms with van der Waals surface area (Å²) >= 11 is 0.986.